The van der Waals surface area contributed by atoms with Crippen molar-refractivity contribution in [2.45, 2.75) is 0 Å². The van der Waals surface area contributed by atoms with Gasteiger partial charge < -0.3 is 18.9 Å². The number of hydrogen-bond acceptors (Lipinski definition) is 10. The topological polar surface area (TPSA) is 111 Å². The van der Waals surface area contributed by atoms with E-state index in [1.54, 1.807) is 53.3 Å². The minimum Gasteiger partial charge on any atom is -0.496 e. The highest BCUT2D eigenvalue weighted by Gasteiger charge is 2.11. The average Bonchev–Trinajstić information content (AvgIpc) is 3.18. The molecule has 0 saturated heterocycles. The van der Waals surface area contributed by atoms with E-state index in [1.165, 1.54) is 0 Å². The summed E-state index contributed by atoms with van der Waals surface area (Å²) in [5.41, 5.74) is 7.64. The lowest BCUT2D eigenvalue weighted by molar-refractivity contribution is 0.402. The molecular weight excluding hydrogens is 628 g/mol. The first-order valence-electron chi connectivity index (χ1n) is 15.4. The molecule has 5 rings (SSSR count). The number of aliphatic imine (C=N–C) groups is 6. The van der Waals surface area contributed by atoms with Gasteiger partial charge in [-0.2, -0.15) is 0 Å². The number of rotatable bonds is 14. The second kappa shape index (κ2) is 16.9. The van der Waals surface area contributed by atoms with Crippen molar-refractivity contribution < 1.29 is 18.9 Å². The van der Waals surface area contributed by atoms with E-state index in [0.717, 1.165) is 56.4 Å². The van der Waals surface area contributed by atoms with E-state index < -0.39 is 0 Å². The fraction of sp³-hybridized carbons (Fsp3) is 0.100. The normalized spacial score (nSPS) is 11.4. The van der Waals surface area contributed by atoms with Gasteiger partial charge in [-0.25, -0.2) is 0 Å². The van der Waals surface area contributed by atoms with Gasteiger partial charge in [0, 0.05) is 47.1 Å². The highest BCUT2D eigenvalue weighted by Crippen LogP contribution is 2.30. The van der Waals surface area contributed by atoms with Gasteiger partial charge in [0.1, 0.15) is 23.0 Å². The van der Waals surface area contributed by atoms with Crippen LogP contribution in [0.2, 0.25) is 0 Å². The summed E-state index contributed by atoms with van der Waals surface area (Å²) < 4.78 is 22.6. The Morgan fingerprint density at radius 3 is 0.740 bits per heavy atom. The number of hydrogen-bond donors (Lipinski definition) is 0. The Balaban J connectivity index is 1.30. The molecule has 5 aromatic rings. The molecule has 0 bridgehead atoms. The van der Waals surface area contributed by atoms with Gasteiger partial charge in [-0.3, -0.25) is 30.0 Å². The van der Waals surface area contributed by atoms with Crippen molar-refractivity contribution >= 4 is 72.4 Å². The molecule has 0 fully saturated rings. The first-order chi connectivity index (χ1) is 24.5. The molecular formula is C40H36N6O4. The van der Waals surface area contributed by atoms with Gasteiger partial charge in [-0.05, 0) is 110 Å². The van der Waals surface area contributed by atoms with Crippen LogP contribution in [0.25, 0.3) is 0 Å². The second-order valence-corrected chi connectivity index (χ2v) is 10.6. The van der Waals surface area contributed by atoms with Gasteiger partial charge in [0.25, 0.3) is 0 Å². The van der Waals surface area contributed by atoms with Crippen LogP contribution in [0.15, 0.2) is 127 Å². The molecule has 0 amide bonds. The van der Waals surface area contributed by atoms with Crippen LogP contribution < -0.4 is 18.9 Å². The molecule has 0 atom stereocenters. The molecule has 0 spiro atoms. The fourth-order valence-electron chi connectivity index (χ4n) is 4.78. The molecule has 5 aromatic carbocycles. The summed E-state index contributed by atoms with van der Waals surface area (Å²) in [6.45, 7) is 7.08. The third kappa shape index (κ3) is 8.81. The SMILES string of the molecule is C=Nc1ccc(N=Cc2cc(OC)c(C=Nc3ccc(N=Cc4cc(OC)c(C=Nc5ccc(N=C)cc5)cc4OC)cc3)cc2OC)cc1. The highest BCUT2D eigenvalue weighted by atomic mass is 16.5. The van der Waals surface area contributed by atoms with Gasteiger partial charge in [0.15, 0.2) is 0 Å². The summed E-state index contributed by atoms with van der Waals surface area (Å²) in [5.74, 6) is 2.53. The zero-order chi connectivity index (χ0) is 35.3. The van der Waals surface area contributed by atoms with Gasteiger partial charge >= 0.3 is 0 Å². The Hall–Kier alpha value is -6.68. The summed E-state index contributed by atoms with van der Waals surface area (Å²) in [6.07, 6.45) is 6.93. The molecule has 50 heavy (non-hydrogen) atoms. The molecule has 0 aliphatic carbocycles. The predicted molar refractivity (Wildman–Crippen MR) is 206 cm³/mol. The van der Waals surface area contributed by atoms with Gasteiger partial charge in [-0.15, -0.1) is 0 Å². The summed E-state index contributed by atoms with van der Waals surface area (Å²) in [5, 5.41) is 0. The van der Waals surface area contributed by atoms with E-state index in [-0.39, 0.29) is 0 Å². The van der Waals surface area contributed by atoms with Crippen molar-refractivity contribution in [2.24, 2.45) is 30.0 Å². The minimum absolute atomic E-state index is 0.629. The summed E-state index contributed by atoms with van der Waals surface area (Å²) in [7, 11) is 6.45. The van der Waals surface area contributed by atoms with Gasteiger partial charge in [-0.1, -0.05) is 0 Å². The third-order valence-electron chi connectivity index (χ3n) is 7.49. The van der Waals surface area contributed by atoms with Crippen molar-refractivity contribution in [1.82, 2.24) is 0 Å². The van der Waals surface area contributed by atoms with Crippen LogP contribution in [0.1, 0.15) is 22.3 Å². The Labute approximate surface area is 291 Å². The standard InChI is InChI=1S/C40H36N6O4/c1-41-31-7-11-33(12-8-31)43-23-27-19-39(49-5)29(21-37(27)47-3)25-45-35-15-17-36(18-16-35)46-26-30-22-38(48-4)28(20-40(30)50-6)24-44-34-13-9-32(42-2)10-14-34/h7-26H,1-2H2,3-6H3. The van der Waals surface area contributed by atoms with Crippen molar-refractivity contribution in [2.75, 3.05) is 28.4 Å². The molecule has 250 valence electrons. The minimum atomic E-state index is 0.629. The smallest absolute Gasteiger partial charge is 0.128 e. The van der Waals surface area contributed by atoms with E-state index >= 15 is 0 Å². The molecule has 10 heteroatoms. The molecule has 0 heterocycles. The summed E-state index contributed by atoms with van der Waals surface area (Å²) in [6, 6.07) is 29.9. The van der Waals surface area contributed by atoms with E-state index in [4.69, 9.17) is 18.9 Å². The molecule has 0 aromatic heterocycles. The van der Waals surface area contributed by atoms with Crippen LogP contribution in [0.4, 0.5) is 34.1 Å². The van der Waals surface area contributed by atoms with Gasteiger partial charge in [0.2, 0.25) is 0 Å². The lowest BCUT2D eigenvalue weighted by atomic mass is 10.1. The van der Waals surface area contributed by atoms with Crippen molar-refractivity contribution in [3.8, 4) is 23.0 Å². The van der Waals surface area contributed by atoms with Crippen LogP contribution in [0.5, 0.6) is 23.0 Å². The molecule has 0 aliphatic rings. The lowest BCUT2D eigenvalue weighted by Gasteiger charge is -2.11. The fourth-order valence-corrected chi connectivity index (χ4v) is 4.78. The van der Waals surface area contributed by atoms with Crippen LogP contribution in [-0.4, -0.2) is 66.7 Å². The Morgan fingerprint density at radius 2 is 0.560 bits per heavy atom. The highest BCUT2D eigenvalue weighted by molar-refractivity contribution is 5.93. The average molecular weight is 665 g/mol. The van der Waals surface area contributed by atoms with Crippen LogP contribution in [-0.2, 0) is 0 Å². The molecule has 0 unspecified atom stereocenters. The van der Waals surface area contributed by atoms with E-state index in [1.807, 2.05) is 97.1 Å². The lowest BCUT2D eigenvalue weighted by Crippen LogP contribution is -1.97. The molecule has 10 nitrogen and oxygen atoms in total. The number of nitrogens with zero attached hydrogens (tertiary/aromatic N) is 6. The van der Waals surface area contributed by atoms with Crippen molar-refractivity contribution in [3.05, 3.63) is 119 Å². The number of methoxy groups -OCH3 is 4. The van der Waals surface area contributed by atoms with Crippen molar-refractivity contribution in [1.29, 1.82) is 0 Å². The number of benzene rings is 5. The quantitative estimate of drug-likeness (QED) is 0.110. The van der Waals surface area contributed by atoms with E-state index in [0.29, 0.717) is 23.0 Å². The summed E-state index contributed by atoms with van der Waals surface area (Å²) in [4.78, 5) is 26.2. The molecule has 0 N–H and O–H groups in total. The summed E-state index contributed by atoms with van der Waals surface area (Å²) >= 11 is 0. The Bertz CT molecular complexity index is 1920. The maximum atomic E-state index is 5.66. The first-order valence-corrected chi connectivity index (χ1v) is 15.4. The van der Waals surface area contributed by atoms with Gasteiger partial charge in [0.05, 0.1) is 62.6 Å². The molecule has 0 saturated carbocycles. The van der Waals surface area contributed by atoms with E-state index in [9.17, 15) is 0 Å². The van der Waals surface area contributed by atoms with Crippen LogP contribution in [0.3, 0.4) is 0 Å². The largest absolute Gasteiger partial charge is 0.496 e. The monoisotopic (exact) mass is 664 g/mol. The maximum absolute atomic E-state index is 5.66. The van der Waals surface area contributed by atoms with Crippen molar-refractivity contribution in [3.63, 3.8) is 0 Å². The van der Waals surface area contributed by atoms with Crippen LogP contribution in [0, 0.1) is 0 Å². The second-order valence-electron chi connectivity index (χ2n) is 10.6. The number of ether oxygens (including phenoxy) is 4. The van der Waals surface area contributed by atoms with E-state index in [2.05, 4.69) is 43.4 Å². The Kier molecular flexibility index (Phi) is 11.7. The molecule has 0 aliphatic heterocycles. The van der Waals surface area contributed by atoms with Crippen LogP contribution >= 0.6 is 0 Å². The predicted octanol–water partition coefficient (Wildman–Crippen LogP) is 9.39. The third-order valence-corrected chi connectivity index (χ3v) is 7.49. The first kappa shape index (κ1) is 34.6. The Morgan fingerprint density at radius 1 is 0.360 bits per heavy atom. The zero-order valence-electron chi connectivity index (χ0n) is 28.3. The molecule has 0 radical (unpaired) electrons. The zero-order valence-corrected chi connectivity index (χ0v) is 28.3. The maximum Gasteiger partial charge on any atom is 0.128 e.